The van der Waals surface area contributed by atoms with E-state index in [1.165, 1.54) is 0 Å². The van der Waals surface area contributed by atoms with Crippen LogP contribution in [0, 0.1) is 0 Å². The number of rotatable bonds is 5. The van der Waals surface area contributed by atoms with Crippen molar-refractivity contribution in [1.29, 1.82) is 0 Å². The summed E-state index contributed by atoms with van der Waals surface area (Å²) in [6, 6.07) is 7.44. The lowest BCUT2D eigenvalue weighted by Gasteiger charge is -2.14. The van der Waals surface area contributed by atoms with Crippen LogP contribution in [-0.4, -0.2) is 36.6 Å². The first-order valence-corrected chi connectivity index (χ1v) is 6.25. The van der Waals surface area contributed by atoms with Gasteiger partial charge in [-0.25, -0.2) is 4.79 Å². The molecule has 1 heterocycles. The van der Waals surface area contributed by atoms with E-state index < -0.39 is 0 Å². The molecule has 1 fully saturated rings. The number of nitrogens with zero attached hydrogens (tertiary/aromatic N) is 1. The van der Waals surface area contributed by atoms with E-state index in [2.05, 4.69) is 10.9 Å². The van der Waals surface area contributed by atoms with E-state index in [4.69, 9.17) is 4.84 Å². The minimum absolute atomic E-state index is 0. The summed E-state index contributed by atoms with van der Waals surface area (Å²) in [5.41, 5.74) is 7.56. The third-order valence-electron chi connectivity index (χ3n) is 2.94. The van der Waals surface area contributed by atoms with Gasteiger partial charge in [-0.15, -0.1) is 39.0 Å². The maximum Gasteiger partial charge on any atom is 0.357 e. The van der Waals surface area contributed by atoms with Crippen molar-refractivity contribution in [3.8, 4) is 0 Å². The van der Waals surface area contributed by atoms with Crippen LogP contribution in [-0.2, 0) is 11.4 Å². The molecule has 0 atom stereocenters. The molecule has 0 unspecified atom stereocenters. The Bertz CT molecular complexity index is 398. The van der Waals surface area contributed by atoms with Gasteiger partial charge in [-0.3, -0.25) is 10.9 Å². The van der Waals surface area contributed by atoms with E-state index in [9.17, 15) is 4.79 Å². The van der Waals surface area contributed by atoms with Crippen molar-refractivity contribution in [2.24, 2.45) is 0 Å². The van der Waals surface area contributed by atoms with Crippen LogP contribution in [0.3, 0.4) is 0 Å². The van der Waals surface area contributed by atoms with Gasteiger partial charge in [-0.1, -0.05) is 12.1 Å². The normalized spacial score (nSPS) is 13.6. The Labute approximate surface area is 146 Å². The fraction of sp³-hybridized carbons (Fsp3) is 0.462. The van der Waals surface area contributed by atoms with Crippen LogP contribution in [0.15, 0.2) is 24.3 Å². The number of benzene rings is 1. The Kier molecular flexibility index (Phi) is 13.1. The molecule has 0 aliphatic carbocycles. The number of halogens is 2. The number of hydrogen-bond donors (Lipinski definition) is 2. The molecule has 1 aliphatic heterocycles. The van der Waals surface area contributed by atoms with Gasteiger partial charge in [0.1, 0.15) is 0 Å². The van der Waals surface area contributed by atoms with Crippen LogP contribution in [0.25, 0.3) is 0 Å². The van der Waals surface area contributed by atoms with Gasteiger partial charge in [0.05, 0.1) is 5.56 Å². The minimum Gasteiger partial charge on any atom is -0.412 e. The van der Waals surface area contributed by atoms with Crippen LogP contribution in [0.2, 0.25) is 0 Å². The van der Waals surface area contributed by atoms with Gasteiger partial charge in [0.15, 0.2) is 0 Å². The number of carbonyl (C=O) groups excluding carboxylic acids is 1. The monoisotopic (exact) mass is 427 g/mol. The second-order valence-corrected chi connectivity index (χ2v) is 4.32. The number of nitrogens with one attached hydrogen (secondary N) is 2. The van der Waals surface area contributed by atoms with E-state index in [-0.39, 0.29) is 45.4 Å². The van der Waals surface area contributed by atoms with E-state index in [1.54, 1.807) is 17.2 Å². The molecule has 21 heavy (non-hydrogen) atoms. The molecule has 0 saturated carbocycles. The van der Waals surface area contributed by atoms with Crippen molar-refractivity contribution in [3.05, 3.63) is 35.4 Å². The molecule has 0 aromatic heterocycles. The SMILES string of the molecule is Br.Br.CNNCc1ccc(C(=O)ON2CCCC2)cc1.O. The van der Waals surface area contributed by atoms with Crippen LogP contribution < -0.4 is 10.9 Å². The first-order chi connectivity index (χ1) is 8.79. The highest BCUT2D eigenvalue weighted by molar-refractivity contribution is 8.93. The van der Waals surface area contributed by atoms with Gasteiger partial charge in [-0.2, -0.15) is 0 Å². The quantitative estimate of drug-likeness (QED) is 0.692. The fourth-order valence-corrected chi connectivity index (χ4v) is 1.90. The fourth-order valence-electron chi connectivity index (χ4n) is 1.90. The van der Waals surface area contributed by atoms with Crippen molar-refractivity contribution in [3.63, 3.8) is 0 Å². The molecule has 8 heteroatoms. The van der Waals surface area contributed by atoms with Crippen LogP contribution in [0.4, 0.5) is 0 Å². The molecule has 1 aromatic rings. The molecule has 0 bridgehead atoms. The molecular formula is C13H23Br2N3O3. The van der Waals surface area contributed by atoms with E-state index >= 15 is 0 Å². The highest BCUT2D eigenvalue weighted by Gasteiger charge is 2.17. The molecule has 1 saturated heterocycles. The lowest BCUT2D eigenvalue weighted by Crippen LogP contribution is -2.26. The predicted molar refractivity (Wildman–Crippen MR) is 92.8 cm³/mol. The van der Waals surface area contributed by atoms with Crippen molar-refractivity contribution in [2.75, 3.05) is 20.1 Å². The zero-order valence-electron chi connectivity index (χ0n) is 11.9. The van der Waals surface area contributed by atoms with Gasteiger partial charge in [0.25, 0.3) is 0 Å². The Morgan fingerprint density at radius 1 is 1.19 bits per heavy atom. The molecule has 0 spiro atoms. The summed E-state index contributed by atoms with van der Waals surface area (Å²) in [4.78, 5) is 17.1. The molecule has 2 rings (SSSR count). The second kappa shape index (κ2) is 12.1. The van der Waals surface area contributed by atoms with Crippen molar-refractivity contribution >= 4 is 39.9 Å². The molecule has 0 amide bonds. The highest BCUT2D eigenvalue weighted by atomic mass is 79.9. The molecule has 1 aromatic carbocycles. The van der Waals surface area contributed by atoms with Gasteiger partial charge in [0, 0.05) is 19.6 Å². The zero-order chi connectivity index (χ0) is 12.8. The average molecular weight is 429 g/mol. The lowest BCUT2D eigenvalue weighted by molar-refractivity contribution is -0.0927. The third-order valence-corrected chi connectivity index (χ3v) is 2.94. The van der Waals surface area contributed by atoms with E-state index in [0.717, 1.165) is 38.0 Å². The molecule has 0 radical (unpaired) electrons. The topological polar surface area (TPSA) is 85.1 Å². The van der Waals surface area contributed by atoms with Crippen molar-refractivity contribution in [2.45, 2.75) is 19.4 Å². The maximum absolute atomic E-state index is 11.8. The number of hydroxylamine groups is 2. The molecule has 6 nitrogen and oxygen atoms in total. The van der Waals surface area contributed by atoms with Crippen LogP contribution >= 0.6 is 34.0 Å². The predicted octanol–water partition coefficient (Wildman–Crippen LogP) is 1.41. The van der Waals surface area contributed by atoms with Gasteiger partial charge < -0.3 is 10.3 Å². The molecule has 4 N–H and O–H groups in total. The Balaban J connectivity index is 0. The largest absolute Gasteiger partial charge is 0.412 e. The third kappa shape index (κ3) is 7.35. The summed E-state index contributed by atoms with van der Waals surface area (Å²) in [7, 11) is 1.82. The Morgan fingerprint density at radius 3 is 2.29 bits per heavy atom. The van der Waals surface area contributed by atoms with Gasteiger partial charge in [0.2, 0.25) is 0 Å². The second-order valence-electron chi connectivity index (χ2n) is 4.32. The summed E-state index contributed by atoms with van der Waals surface area (Å²) >= 11 is 0. The molecular weight excluding hydrogens is 406 g/mol. The standard InChI is InChI=1S/C13H19N3O2.2BrH.H2O/c1-14-15-10-11-4-6-12(7-5-11)13(17)18-16-8-2-3-9-16;;;/h4-7,14-15H,2-3,8-10H2,1H3;2*1H;1H2. The number of hydrazine groups is 1. The number of carbonyl (C=O) groups is 1. The van der Waals surface area contributed by atoms with E-state index in [0.29, 0.717) is 5.56 Å². The molecule has 122 valence electrons. The summed E-state index contributed by atoms with van der Waals surface area (Å²) < 4.78 is 0. The van der Waals surface area contributed by atoms with Crippen molar-refractivity contribution in [1.82, 2.24) is 15.9 Å². The number of hydrogen-bond acceptors (Lipinski definition) is 5. The maximum atomic E-state index is 11.8. The summed E-state index contributed by atoms with van der Waals surface area (Å²) in [6.07, 6.45) is 2.20. The van der Waals surface area contributed by atoms with E-state index in [1.807, 2.05) is 19.2 Å². The van der Waals surface area contributed by atoms with Crippen LogP contribution in [0.5, 0.6) is 0 Å². The lowest BCUT2D eigenvalue weighted by atomic mass is 10.1. The van der Waals surface area contributed by atoms with Gasteiger partial charge >= 0.3 is 5.97 Å². The first kappa shape index (κ1) is 22.8. The summed E-state index contributed by atoms with van der Waals surface area (Å²) in [5, 5.41) is 1.73. The zero-order valence-corrected chi connectivity index (χ0v) is 15.4. The van der Waals surface area contributed by atoms with Crippen molar-refractivity contribution < 1.29 is 15.1 Å². The highest BCUT2D eigenvalue weighted by Crippen LogP contribution is 2.11. The first-order valence-electron chi connectivity index (χ1n) is 6.25. The molecule has 1 aliphatic rings. The summed E-state index contributed by atoms with van der Waals surface area (Å²) in [6.45, 7) is 2.41. The average Bonchev–Trinajstić information content (AvgIpc) is 2.89. The van der Waals surface area contributed by atoms with Crippen LogP contribution in [0.1, 0.15) is 28.8 Å². The Morgan fingerprint density at radius 2 is 1.76 bits per heavy atom. The minimum atomic E-state index is -0.273. The van der Waals surface area contributed by atoms with Gasteiger partial charge in [-0.05, 0) is 37.6 Å². The smallest absolute Gasteiger partial charge is 0.357 e. The Hall–Kier alpha value is -0.510. The summed E-state index contributed by atoms with van der Waals surface area (Å²) in [5.74, 6) is -0.273.